The minimum atomic E-state index is -0.391. The Bertz CT molecular complexity index is 693. The predicted octanol–water partition coefficient (Wildman–Crippen LogP) is 3.39. The molecule has 1 fully saturated rings. The summed E-state index contributed by atoms with van der Waals surface area (Å²) in [4.78, 5) is 14.7. The van der Waals surface area contributed by atoms with Crippen molar-refractivity contribution in [1.29, 1.82) is 0 Å². The Morgan fingerprint density at radius 1 is 1.29 bits per heavy atom. The highest BCUT2D eigenvalue weighted by atomic mass is 16.6. The van der Waals surface area contributed by atoms with Crippen molar-refractivity contribution in [2.45, 2.75) is 44.6 Å². The minimum absolute atomic E-state index is 0.0263. The van der Waals surface area contributed by atoms with Crippen LogP contribution in [-0.2, 0) is 11.3 Å². The van der Waals surface area contributed by atoms with Gasteiger partial charge in [0.2, 0.25) is 0 Å². The molecule has 1 aromatic carbocycles. The first-order valence-corrected chi connectivity index (χ1v) is 8.14. The number of benzene rings is 1. The molecule has 0 spiro atoms. The summed E-state index contributed by atoms with van der Waals surface area (Å²) < 4.78 is 5.97. The molecule has 6 heteroatoms. The van der Waals surface area contributed by atoms with Crippen LogP contribution in [0.15, 0.2) is 48.8 Å². The van der Waals surface area contributed by atoms with Crippen LogP contribution >= 0.6 is 0 Å². The molecule has 24 heavy (non-hydrogen) atoms. The van der Waals surface area contributed by atoms with Crippen LogP contribution in [0.4, 0.5) is 5.69 Å². The van der Waals surface area contributed by atoms with Gasteiger partial charge < -0.3 is 10.1 Å². The predicted molar refractivity (Wildman–Crippen MR) is 90.5 cm³/mol. The van der Waals surface area contributed by atoms with Crippen LogP contribution in [0.25, 0.3) is 0 Å². The molecule has 2 heterocycles. The third kappa shape index (κ3) is 3.96. The number of rotatable bonds is 5. The molecule has 3 rings (SSSR count). The lowest BCUT2D eigenvalue weighted by atomic mass is 9.94. The number of hydrogen-bond acceptors (Lipinski definition) is 5. The fraction of sp³-hybridized carbons (Fsp3) is 0.389. The lowest BCUT2D eigenvalue weighted by Crippen LogP contribution is -2.39. The summed E-state index contributed by atoms with van der Waals surface area (Å²) in [6, 6.07) is 12.2. The normalized spacial score (nSPS) is 23.8. The lowest BCUT2D eigenvalue weighted by molar-refractivity contribution is -0.386. The first-order valence-electron chi connectivity index (χ1n) is 8.14. The zero-order chi connectivity index (χ0) is 16.9. The average Bonchev–Trinajstić information content (AvgIpc) is 2.60. The van der Waals surface area contributed by atoms with Gasteiger partial charge >= 0.3 is 0 Å². The Morgan fingerprint density at radius 2 is 2.08 bits per heavy atom. The quantitative estimate of drug-likeness (QED) is 0.673. The number of nitro groups is 1. The van der Waals surface area contributed by atoms with Gasteiger partial charge in [-0.2, -0.15) is 0 Å². The van der Waals surface area contributed by atoms with E-state index in [1.165, 1.54) is 11.8 Å². The molecule has 2 aromatic rings. The summed E-state index contributed by atoms with van der Waals surface area (Å²) in [5, 5.41) is 14.8. The zero-order valence-electron chi connectivity index (χ0n) is 13.6. The molecule has 1 aromatic heterocycles. The number of nitrogens with one attached hydrogen (secondary N) is 1. The van der Waals surface area contributed by atoms with Crippen LogP contribution in [0.5, 0.6) is 0 Å². The van der Waals surface area contributed by atoms with Crippen molar-refractivity contribution in [2.75, 3.05) is 0 Å². The summed E-state index contributed by atoms with van der Waals surface area (Å²) in [6.45, 7) is 2.79. The van der Waals surface area contributed by atoms with Gasteiger partial charge in [0.05, 0.1) is 22.7 Å². The van der Waals surface area contributed by atoms with Crippen molar-refractivity contribution >= 4 is 5.69 Å². The van der Waals surface area contributed by atoms with E-state index >= 15 is 0 Å². The molecular formula is C18H21N3O3. The Morgan fingerprint density at radius 3 is 2.83 bits per heavy atom. The van der Waals surface area contributed by atoms with Gasteiger partial charge in [0.15, 0.2) is 0 Å². The van der Waals surface area contributed by atoms with E-state index in [2.05, 4.69) is 22.4 Å². The molecule has 126 valence electrons. The Balaban J connectivity index is 1.71. The number of nitrogens with zero attached hydrogens (tertiary/aromatic N) is 2. The van der Waals surface area contributed by atoms with E-state index in [9.17, 15) is 10.1 Å². The van der Waals surface area contributed by atoms with Crippen molar-refractivity contribution in [1.82, 2.24) is 10.3 Å². The second kappa shape index (κ2) is 7.51. The van der Waals surface area contributed by atoms with E-state index < -0.39 is 4.92 Å². The van der Waals surface area contributed by atoms with Gasteiger partial charge in [-0.1, -0.05) is 30.3 Å². The SMILES string of the molecule is C[C@@H]1C[C@H](NCc2ccccc2)C[C@H](c2ccncc2[N+](=O)[O-])O1. The number of ether oxygens (including phenoxy) is 1. The highest BCUT2D eigenvalue weighted by Gasteiger charge is 2.32. The number of aromatic nitrogens is 1. The van der Waals surface area contributed by atoms with Crippen LogP contribution in [-0.4, -0.2) is 22.1 Å². The summed E-state index contributed by atoms with van der Waals surface area (Å²) in [5.74, 6) is 0. The van der Waals surface area contributed by atoms with Crippen molar-refractivity contribution in [2.24, 2.45) is 0 Å². The van der Waals surface area contributed by atoms with Crippen LogP contribution in [0, 0.1) is 10.1 Å². The summed E-state index contributed by atoms with van der Waals surface area (Å²) in [5.41, 5.74) is 1.86. The average molecular weight is 327 g/mol. The third-order valence-electron chi connectivity index (χ3n) is 4.33. The van der Waals surface area contributed by atoms with E-state index in [4.69, 9.17) is 4.74 Å². The van der Waals surface area contributed by atoms with Gasteiger partial charge in [0, 0.05) is 18.8 Å². The van der Waals surface area contributed by atoms with Crippen LogP contribution in [0.1, 0.15) is 37.0 Å². The monoisotopic (exact) mass is 327 g/mol. The zero-order valence-corrected chi connectivity index (χ0v) is 13.6. The highest BCUT2D eigenvalue weighted by molar-refractivity contribution is 5.38. The first-order chi connectivity index (χ1) is 11.6. The van der Waals surface area contributed by atoms with E-state index in [0.717, 1.165) is 13.0 Å². The lowest BCUT2D eigenvalue weighted by Gasteiger charge is -2.34. The topological polar surface area (TPSA) is 77.3 Å². The van der Waals surface area contributed by atoms with Gasteiger partial charge in [-0.3, -0.25) is 15.1 Å². The molecular weight excluding hydrogens is 306 g/mol. The fourth-order valence-electron chi connectivity index (χ4n) is 3.19. The van der Waals surface area contributed by atoms with Gasteiger partial charge in [-0.25, -0.2) is 0 Å². The van der Waals surface area contributed by atoms with Crippen LogP contribution in [0.2, 0.25) is 0 Å². The second-order valence-corrected chi connectivity index (χ2v) is 6.16. The molecule has 0 saturated carbocycles. The number of pyridine rings is 1. The summed E-state index contributed by atoms with van der Waals surface area (Å²) in [7, 11) is 0. The summed E-state index contributed by atoms with van der Waals surface area (Å²) in [6.07, 6.45) is 4.24. The van der Waals surface area contributed by atoms with Crippen molar-refractivity contribution < 1.29 is 9.66 Å². The largest absolute Gasteiger partial charge is 0.370 e. The van der Waals surface area contributed by atoms with Gasteiger partial charge in [-0.05, 0) is 31.4 Å². The molecule has 0 aliphatic carbocycles. The molecule has 6 nitrogen and oxygen atoms in total. The minimum Gasteiger partial charge on any atom is -0.370 e. The van der Waals surface area contributed by atoms with Crippen molar-refractivity contribution in [3.8, 4) is 0 Å². The van der Waals surface area contributed by atoms with Gasteiger partial charge in [-0.15, -0.1) is 0 Å². The molecule has 0 bridgehead atoms. The van der Waals surface area contributed by atoms with Gasteiger partial charge in [0.25, 0.3) is 5.69 Å². The Kier molecular flexibility index (Phi) is 5.17. The standard InChI is InChI=1S/C18H21N3O3/c1-13-9-15(20-11-14-5-3-2-4-6-14)10-18(24-13)16-7-8-19-12-17(16)21(22)23/h2-8,12-13,15,18,20H,9-11H2,1H3/t13-,15+,18-/m1/s1. The molecule has 3 atom stereocenters. The van der Waals surface area contributed by atoms with E-state index in [1.54, 1.807) is 12.3 Å². The number of hydrogen-bond donors (Lipinski definition) is 1. The molecule has 1 N–H and O–H groups in total. The third-order valence-corrected chi connectivity index (χ3v) is 4.33. The first kappa shape index (κ1) is 16.5. The van der Waals surface area contributed by atoms with E-state index in [0.29, 0.717) is 12.0 Å². The maximum absolute atomic E-state index is 11.2. The Hall–Kier alpha value is -2.31. The molecule has 1 aliphatic rings. The smallest absolute Gasteiger partial charge is 0.293 e. The van der Waals surface area contributed by atoms with Crippen molar-refractivity contribution in [3.05, 3.63) is 70.0 Å². The summed E-state index contributed by atoms with van der Waals surface area (Å²) >= 11 is 0. The maximum Gasteiger partial charge on any atom is 0.293 e. The van der Waals surface area contributed by atoms with Crippen molar-refractivity contribution in [3.63, 3.8) is 0 Å². The van der Waals surface area contributed by atoms with Crippen LogP contribution < -0.4 is 5.32 Å². The maximum atomic E-state index is 11.2. The molecule has 0 unspecified atom stereocenters. The van der Waals surface area contributed by atoms with Gasteiger partial charge in [0.1, 0.15) is 6.20 Å². The Labute approximate surface area is 141 Å². The fourth-order valence-corrected chi connectivity index (χ4v) is 3.19. The second-order valence-electron chi connectivity index (χ2n) is 6.16. The molecule has 1 saturated heterocycles. The highest BCUT2D eigenvalue weighted by Crippen LogP contribution is 2.35. The molecule has 0 radical (unpaired) electrons. The van der Waals surface area contributed by atoms with E-state index in [-0.39, 0.29) is 23.9 Å². The van der Waals surface area contributed by atoms with E-state index in [1.807, 2.05) is 25.1 Å². The van der Waals surface area contributed by atoms with Crippen LogP contribution in [0.3, 0.4) is 0 Å². The molecule has 0 amide bonds. The molecule has 1 aliphatic heterocycles.